The van der Waals surface area contributed by atoms with Crippen molar-refractivity contribution in [3.63, 3.8) is 0 Å². The molecule has 0 radical (unpaired) electrons. The van der Waals surface area contributed by atoms with Crippen LogP contribution in [0.5, 0.6) is 5.75 Å². The zero-order chi connectivity index (χ0) is 21.8. The summed E-state index contributed by atoms with van der Waals surface area (Å²) in [5.74, 6) is -0.480. The Morgan fingerprint density at radius 2 is 2.07 bits per heavy atom. The maximum absolute atomic E-state index is 12.9. The number of nitrogens with two attached hydrogens (primary N) is 2. The standard InChI is InChI=1S/C20H24N6O3S/c1-4-26-14(9-12(2)24-26)19(28)23-20-25(8-6-5-7-21)17-15(29-3)10-13(18(22)27)11-16(17)30-20/h5-6,9-11H,4,7-8,21H2,1-3H3,(H2,22,27)/b6-5+,23-20?. The number of amides is 2. The molecule has 0 unspecified atom stereocenters. The van der Waals surface area contributed by atoms with Gasteiger partial charge < -0.3 is 20.8 Å². The van der Waals surface area contributed by atoms with E-state index in [1.165, 1.54) is 18.4 Å². The number of rotatable bonds is 7. The van der Waals surface area contributed by atoms with E-state index in [-0.39, 0.29) is 0 Å². The van der Waals surface area contributed by atoms with Gasteiger partial charge in [-0.15, -0.1) is 0 Å². The number of thiazole rings is 1. The second kappa shape index (κ2) is 9.06. The molecule has 2 amide bonds. The summed E-state index contributed by atoms with van der Waals surface area (Å²) in [6, 6.07) is 4.98. The fraction of sp³-hybridized carbons (Fsp3) is 0.300. The molecule has 2 heterocycles. The molecule has 0 aliphatic carbocycles. The Kier molecular flexibility index (Phi) is 6.48. The molecule has 0 saturated heterocycles. The third kappa shape index (κ3) is 4.19. The fourth-order valence-corrected chi connectivity index (χ4v) is 4.20. The minimum absolute atomic E-state index is 0.322. The normalized spacial score (nSPS) is 12.2. The minimum Gasteiger partial charge on any atom is -0.494 e. The van der Waals surface area contributed by atoms with Crippen molar-refractivity contribution in [2.24, 2.45) is 16.5 Å². The Bertz CT molecular complexity index is 1200. The number of carbonyl (C=O) groups is 2. The molecule has 0 fully saturated rings. The lowest BCUT2D eigenvalue weighted by atomic mass is 10.2. The number of allylic oxidation sites excluding steroid dienone is 1. The molecule has 1 aromatic carbocycles. The van der Waals surface area contributed by atoms with E-state index in [2.05, 4.69) is 10.1 Å². The summed E-state index contributed by atoms with van der Waals surface area (Å²) in [4.78, 5) is 29.5. The summed E-state index contributed by atoms with van der Waals surface area (Å²) in [5, 5.41) is 4.31. The van der Waals surface area contributed by atoms with E-state index in [1.54, 1.807) is 22.9 Å². The lowest BCUT2D eigenvalue weighted by molar-refractivity contribution is 0.0983. The molecule has 30 heavy (non-hydrogen) atoms. The van der Waals surface area contributed by atoms with Crippen LogP contribution < -0.4 is 21.0 Å². The van der Waals surface area contributed by atoms with Gasteiger partial charge in [-0.25, -0.2) is 0 Å². The molecule has 0 aliphatic rings. The molecule has 3 rings (SSSR count). The Morgan fingerprint density at radius 3 is 2.70 bits per heavy atom. The number of fused-ring (bicyclic) bond motifs is 1. The van der Waals surface area contributed by atoms with Crippen LogP contribution in [0.1, 0.15) is 33.5 Å². The van der Waals surface area contributed by atoms with E-state index in [1.807, 2.05) is 30.6 Å². The van der Waals surface area contributed by atoms with E-state index in [9.17, 15) is 9.59 Å². The van der Waals surface area contributed by atoms with Gasteiger partial charge in [0.15, 0.2) is 4.80 Å². The first kappa shape index (κ1) is 21.5. The largest absolute Gasteiger partial charge is 0.494 e. The lowest BCUT2D eigenvalue weighted by Gasteiger charge is -2.08. The molecule has 10 heteroatoms. The third-order valence-electron chi connectivity index (χ3n) is 4.46. The smallest absolute Gasteiger partial charge is 0.297 e. The number of hydrogen-bond acceptors (Lipinski definition) is 6. The van der Waals surface area contributed by atoms with Gasteiger partial charge in [0, 0.05) is 25.2 Å². The number of aryl methyl sites for hydroxylation is 2. The maximum Gasteiger partial charge on any atom is 0.297 e. The van der Waals surface area contributed by atoms with Gasteiger partial charge in [0.2, 0.25) is 5.91 Å². The van der Waals surface area contributed by atoms with Gasteiger partial charge in [-0.1, -0.05) is 23.5 Å². The molecule has 4 N–H and O–H groups in total. The first-order chi connectivity index (χ1) is 14.4. The molecule has 9 nitrogen and oxygen atoms in total. The Balaban J connectivity index is 2.24. The van der Waals surface area contributed by atoms with Crippen molar-refractivity contribution < 1.29 is 14.3 Å². The zero-order valence-electron chi connectivity index (χ0n) is 17.1. The van der Waals surface area contributed by atoms with Crippen LogP contribution in [0.2, 0.25) is 0 Å². The molecule has 3 aromatic rings. The van der Waals surface area contributed by atoms with Crippen molar-refractivity contribution >= 4 is 33.4 Å². The second-order valence-electron chi connectivity index (χ2n) is 6.50. The van der Waals surface area contributed by atoms with Crippen LogP contribution in [0, 0.1) is 6.92 Å². The number of nitrogens with zero attached hydrogens (tertiary/aromatic N) is 4. The van der Waals surface area contributed by atoms with Crippen molar-refractivity contribution in [2.75, 3.05) is 13.7 Å². The quantitative estimate of drug-likeness (QED) is 0.552. The van der Waals surface area contributed by atoms with Crippen LogP contribution in [0.15, 0.2) is 35.3 Å². The van der Waals surface area contributed by atoms with Crippen molar-refractivity contribution in [2.45, 2.75) is 26.9 Å². The number of carbonyl (C=O) groups excluding carboxylic acids is 2. The predicted molar refractivity (Wildman–Crippen MR) is 116 cm³/mol. The Labute approximate surface area is 177 Å². The van der Waals surface area contributed by atoms with Crippen LogP contribution in [0.3, 0.4) is 0 Å². The summed E-state index contributed by atoms with van der Waals surface area (Å²) in [7, 11) is 1.52. The van der Waals surface area contributed by atoms with Gasteiger partial charge in [0.1, 0.15) is 17.0 Å². The van der Waals surface area contributed by atoms with Gasteiger partial charge >= 0.3 is 0 Å². The van der Waals surface area contributed by atoms with Crippen molar-refractivity contribution in [3.8, 4) is 5.75 Å². The fourth-order valence-electron chi connectivity index (χ4n) is 3.10. The van der Waals surface area contributed by atoms with E-state index in [0.717, 1.165) is 15.9 Å². The van der Waals surface area contributed by atoms with Crippen molar-refractivity contribution in [3.05, 3.63) is 52.1 Å². The van der Waals surface area contributed by atoms with Crippen LogP contribution >= 0.6 is 11.3 Å². The minimum atomic E-state index is -0.560. The number of primary amides is 1. The van der Waals surface area contributed by atoms with Crippen LogP contribution in [-0.4, -0.2) is 39.8 Å². The highest BCUT2D eigenvalue weighted by Crippen LogP contribution is 2.29. The molecule has 0 spiro atoms. The van der Waals surface area contributed by atoms with Crippen LogP contribution in [0.4, 0.5) is 0 Å². The Morgan fingerprint density at radius 1 is 1.30 bits per heavy atom. The van der Waals surface area contributed by atoms with E-state index >= 15 is 0 Å². The van der Waals surface area contributed by atoms with Gasteiger partial charge in [-0.05, 0) is 32.0 Å². The maximum atomic E-state index is 12.9. The summed E-state index contributed by atoms with van der Waals surface area (Å²) in [5.41, 5.74) is 13.2. The SMILES string of the molecule is CCn1nc(C)cc1C(=O)N=c1sc2cc(C(N)=O)cc(OC)c2n1C/C=C/CN. The highest BCUT2D eigenvalue weighted by molar-refractivity contribution is 7.16. The molecular formula is C20H24N6O3S. The van der Waals surface area contributed by atoms with Gasteiger partial charge in [-0.2, -0.15) is 10.1 Å². The second-order valence-corrected chi connectivity index (χ2v) is 7.50. The topological polar surface area (TPSA) is 131 Å². The molecule has 0 bridgehead atoms. The summed E-state index contributed by atoms with van der Waals surface area (Å²) < 4.78 is 9.71. The van der Waals surface area contributed by atoms with Gasteiger partial charge in [-0.3, -0.25) is 14.3 Å². The molecule has 0 aliphatic heterocycles. The van der Waals surface area contributed by atoms with Gasteiger partial charge in [0.25, 0.3) is 5.91 Å². The number of methoxy groups -OCH3 is 1. The molecule has 0 saturated carbocycles. The summed E-state index contributed by atoms with van der Waals surface area (Å²) in [6.45, 7) is 5.13. The van der Waals surface area contributed by atoms with E-state index in [4.69, 9.17) is 16.2 Å². The molecule has 158 valence electrons. The number of aromatic nitrogens is 3. The first-order valence-corrected chi connectivity index (χ1v) is 10.2. The van der Waals surface area contributed by atoms with Crippen molar-refractivity contribution in [1.29, 1.82) is 0 Å². The monoisotopic (exact) mass is 428 g/mol. The van der Waals surface area contributed by atoms with Crippen molar-refractivity contribution in [1.82, 2.24) is 14.3 Å². The predicted octanol–water partition coefficient (Wildman–Crippen LogP) is 1.59. The van der Waals surface area contributed by atoms with Crippen LogP contribution in [-0.2, 0) is 13.1 Å². The van der Waals surface area contributed by atoms with E-state index in [0.29, 0.717) is 41.4 Å². The summed E-state index contributed by atoms with van der Waals surface area (Å²) >= 11 is 1.28. The Hall–Kier alpha value is -3.24. The van der Waals surface area contributed by atoms with Crippen LogP contribution in [0.25, 0.3) is 10.2 Å². The highest BCUT2D eigenvalue weighted by Gasteiger charge is 2.17. The zero-order valence-corrected chi connectivity index (χ0v) is 17.9. The summed E-state index contributed by atoms with van der Waals surface area (Å²) in [6.07, 6.45) is 3.71. The molecule has 2 aromatic heterocycles. The average Bonchev–Trinajstić information content (AvgIpc) is 3.27. The number of benzene rings is 1. The number of ether oxygens (including phenoxy) is 1. The first-order valence-electron chi connectivity index (χ1n) is 9.39. The molecular weight excluding hydrogens is 404 g/mol. The lowest BCUT2D eigenvalue weighted by Crippen LogP contribution is -2.18. The van der Waals surface area contributed by atoms with E-state index < -0.39 is 11.8 Å². The third-order valence-corrected chi connectivity index (χ3v) is 5.48. The highest BCUT2D eigenvalue weighted by atomic mass is 32.1. The molecule has 0 atom stereocenters. The average molecular weight is 429 g/mol. The van der Waals surface area contributed by atoms with Gasteiger partial charge in [0.05, 0.1) is 17.5 Å². The number of hydrogen-bond donors (Lipinski definition) is 2.